The van der Waals surface area contributed by atoms with Crippen molar-refractivity contribution in [1.82, 2.24) is 14.8 Å². The molecule has 0 aliphatic rings. The number of para-hydroxylation sites is 2. The number of rotatable bonds is 9. The Morgan fingerprint density at radius 2 is 1.93 bits per heavy atom. The lowest BCUT2D eigenvalue weighted by molar-refractivity contribution is -0.113. The van der Waals surface area contributed by atoms with Crippen molar-refractivity contribution in [3.63, 3.8) is 0 Å². The monoisotopic (exact) mass is 434 g/mol. The normalized spacial score (nSPS) is 10.7. The van der Waals surface area contributed by atoms with Gasteiger partial charge in [-0.2, -0.15) is 0 Å². The van der Waals surface area contributed by atoms with Gasteiger partial charge in [0, 0.05) is 12.6 Å². The lowest BCUT2D eigenvalue weighted by Crippen LogP contribution is -2.16. The van der Waals surface area contributed by atoms with Gasteiger partial charge in [-0.3, -0.25) is 4.79 Å². The number of carbonyl (C=O) groups is 1. The average molecular weight is 434 g/mol. The van der Waals surface area contributed by atoms with Crippen LogP contribution in [0, 0.1) is 11.6 Å². The van der Waals surface area contributed by atoms with Crippen LogP contribution in [-0.2, 0) is 17.9 Å². The van der Waals surface area contributed by atoms with Crippen molar-refractivity contribution in [1.29, 1.82) is 0 Å². The Hall–Kier alpha value is -3.14. The molecule has 0 radical (unpaired) electrons. The molecule has 3 rings (SSSR count). The van der Waals surface area contributed by atoms with Crippen molar-refractivity contribution in [2.75, 3.05) is 18.2 Å². The highest BCUT2D eigenvalue weighted by Gasteiger charge is 2.15. The van der Waals surface area contributed by atoms with E-state index in [2.05, 4.69) is 15.5 Å². The van der Waals surface area contributed by atoms with Crippen molar-refractivity contribution >= 4 is 23.4 Å². The van der Waals surface area contributed by atoms with Crippen molar-refractivity contribution in [2.45, 2.75) is 25.2 Å². The van der Waals surface area contributed by atoms with E-state index in [4.69, 9.17) is 9.47 Å². The number of aromatic nitrogens is 3. The molecule has 0 bridgehead atoms. The second-order valence-electron chi connectivity index (χ2n) is 6.04. The molecule has 0 aliphatic carbocycles. The number of benzene rings is 2. The summed E-state index contributed by atoms with van der Waals surface area (Å²) in [5.74, 6) is -0.207. The van der Waals surface area contributed by atoms with Gasteiger partial charge in [0.2, 0.25) is 5.91 Å². The molecule has 2 aromatic carbocycles. The van der Waals surface area contributed by atoms with Crippen LogP contribution in [0.25, 0.3) is 0 Å². The van der Waals surface area contributed by atoms with Gasteiger partial charge in [-0.15, -0.1) is 10.2 Å². The number of thioether (sulfide) groups is 1. The van der Waals surface area contributed by atoms with Crippen LogP contribution in [0.5, 0.6) is 11.5 Å². The fraction of sp³-hybridized carbons (Fsp3) is 0.250. The molecule has 0 saturated carbocycles. The van der Waals surface area contributed by atoms with E-state index in [1.807, 2.05) is 23.6 Å². The van der Waals surface area contributed by atoms with Crippen LogP contribution >= 0.6 is 11.8 Å². The van der Waals surface area contributed by atoms with Gasteiger partial charge < -0.3 is 19.4 Å². The third-order valence-electron chi connectivity index (χ3n) is 4.07. The van der Waals surface area contributed by atoms with E-state index < -0.39 is 17.5 Å². The first-order valence-corrected chi connectivity index (χ1v) is 10.1. The first-order valence-electron chi connectivity index (χ1n) is 9.07. The fourth-order valence-corrected chi connectivity index (χ4v) is 3.46. The average Bonchev–Trinajstić information content (AvgIpc) is 3.14. The maximum absolute atomic E-state index is 13.7. The molecule has 1 amide bonds. The molecule has 0 saturated heterocycles. The van der Waals surface area contributed by atoms with Crippen LogP contribution in [0.4, 0.5) is 14.5 Å². The molecule has 0 aliphatic heterocycles. The smallest absolute Gasteiger partial charge is 0.234 e. The van der Waals surface area contributed by atoms with Crippen LogP contribution in [0.2, 0.25) is 0 Å². The Morgan fingerprint density at radius 3 is 2.63 bits per heavy atom. The highest BCUT2D eigenvalue weighted by molar-refractivity contribution is 7.99. The van der Waals surface area contributed by atoms with E-state index in [0.29, 0.717) is 35.1 Å². The summed E-state index contributed by atoms with van der Waals surface area (Å²) in [5.41, 5.74) is -0.0788. The van der Waals surface area contributed by atoms with E-state index in [-0.39, 0.29) is 18.0 Å². The van der Waals surface area contributed by atoms with E-state index in [0.717, 1.165) is 17.8 Å². The molecule has 1 heterocycles. The summed E-state index contributed by atoms with van der Waals surface area (Å²) < 4.78 is 39.5. The van der Waals surface area contributed by atoms with E-state index in [1.165, 1.54) is 6.07 Å². The number of methoxy groups -OCH3 is 1. The topological polar surface area (TPSA) is 78.3 Å². The van der Waals surface area contributed by atoms with E-state index in [1.54, 1.807) is 19.2 Å². The minimum absolute atomic E-state index is 0.0116. The maximum atomic E-state index is 13.7. The molecule has 1 N–H and O–H groups in total. The van der Waals surface area contributed by atoms with Crippen molar-refractivity contribution < 1.29 is 23.0 Å². The predicted octanol–water partition coefficient (Wildman–Crippen LogP) is 3.89. The molecular formula is C20H20F2N4O3S. The molecule has 0 spiro atoms. The first-order chi connectivity index (χ1) is 14.5. The quantitative estimate of drug-likeness (QED) is 0.515. The lowest BCUT2D eigenvalue weighted by Gasteiger charge is -2.11. The van der Waals surface area contributed by atoms with Gasteiger partial charge in [0.15, 0.2) is 22.5 Å². The first kappa shape index (κ1) is 21.6. The van der Waals surface area contributed by atoms with Gasteiger partial charge in [-0.1, -0.05) is 23.9 Å². The Balaban J connectivity index is 1.60. The summed E-state index contributed by atoms with van der Waals surface area (Å²) in [5, 5.41) is 11.2. The summed E-state index contributed by atoms with van der Waals surface area (Å²) in [4.78, 5) is 12.1. The summed E-state index contributed by atoms with van der Waals surface area (Å²) >= 11 is 1.16. The molecule has 0 fully saturated rings. The third-order valence-corrected chi connectivity index (χ3v) is 5.04. The number of hydrogen-bond acceptors (Lipinski definition) is 6. The standard InChI is InChI=1S/C20H20F2N4O3S/c1-3-26-18(11-29-17-7-5-4-6-16(17)28-2)24-25-20(26)30-12-19(27)23-15-9-8-13(21)10-14(15)22/h4-10H,3,11-12H2,1-2H3,(H,23,27). The number of hydrogen-bond donors (Lipinski definition) is 1. The molecule has 158 valence electrons. The number of ether oxygens (including phenoxy) is 2. The third kappa shape index (κ3) is 5.26. The number of nitrogens with one attached hydrogen (secondary N) is 1. The minimum atomic E-state index is -0.833. The van der Waals surface area contributed by atoms with Crippen LogP contribution in [-0.4, -0.2) is 33.5 Å². The highest BCUT2D eigenvalue weighted by atomic mass is 32.2. The Labute approximate surface area is 176 Å². The largest absolute Gasteiger partial charge is 0.493 e. The summed E-state index contributed by atoms with van der Waals surface area (Å²) in [6, 6.07) is 10.2. The Morgan fingerprint density at radius 1 is 1.17 bits per heavy atom. The molecule has 0 unspecified atom stereocenters. The van der Waals surface area contributed by atoms with Crippen LogP contribution in [0.3, 0.4) is 0 Å². The van der Waals surface area contributed by atoms with Gasteiger partial charge in [0.1, 0.15) is 18.2 Å². The SMILES string of the molecule is CCn1c(COc2ccccc2OC)nnc1SCC(=O)Nc1ccc(F)cc1F. The number of carbonyl (C=O) groups excluding carboxylic acids is 1. The van der Waals surface area contributed by atoms with Gasteiger partial charge in [0.25, 0.3) is 0 Å². The molecule has 7 nitrogen and oxygen atoms in total. The zero-order chi connectivity index (χ0) is 21.5. The Kier molecular flexibility index (Phi) is 7.23. The zero-order valence-electron chi connectivity index (χ0n) is 16.4. The van der Waals surface area contributed by atoms with Crippen LogP contribution < -0.4 is 14.8 Å². The molecule has 30 heavy (non-hydrogen) atoms. The highest BCUT2D eigenvalue weighted by Crippen LogP contribution is 2.27. The number of anilines is 1. The fourth-order valence-electron chi connectivity index (χ4n) is 2.64. The summed E-state index contributed by atoms with van der Waals surface area (Å²) in [7, 11) is 1.56. The Bertz CT molecular complexity index is 1030. The number of amides is 1. The molecule has 0 atom stereocenters. The molecule has 10 heteroatoms. The lowest BCUT2D eigenvalue weighted by atomic mass is 10.3. The molecule has 3 aromatic rings. The van der Waals surface area contributed by atoms with Gasteiger partial charge in [0.05, 0.1) is 18.6 Å². The van der Waals surface area contributed by atoms with E-state index in [9.17, 15) is 13.6 Å². The van der Waals surface area contributed by atoms with Crippen molar-refractivity contribution in [3.8, 4) is 11.5 Å². The van der Waals surface area contributed by atoms with Crippen LogP contribution in [0.1, 0.15) is 12.7 Å². The maximum Gasteiger partial charge on any atom is 0.234 e. The van der Waals surface area contributed by atoms with Gasteiger partial charge in [-0.05, 0) is 31.2 Å². The predicted molar refractivity (Wildman–Crippen MR) is 109 cm³/mol. The van der Waals surface area contributed by atoms with Gasteiger partial charge in [-0.25, -0.2) is 8.78 Å². The van der Waals surface area contributed by atoms with E-state index >= 15 is 0 Å². The zero-order valence-corrected chi connectivity index (χ0v) is 17.2. The minimum Gasteiger partial charge on any atom is -0.493 e. The summed E-state index contributed by atoms with van der Waals surface area (Å²) in [6.07, 6.45) is 0. The number of nitrogens with zero attached hydrogens (tertiary/aromatic N) is 3. The van der Waals surface area contributed by atoms with Crippen molar-refractivity contribution in [2.24, 2.45) is 0 Å². The van der Waals surface area contributed by atoms with Gasteiger partial charge >= 0.3 is 0 Å². The number of halogens is 2. The second-order valence-corrected chi connectivity index (χ2v) is 6.99. The second kappa shape index (κ2) is 10.1. The summed E-state index contributed by atoms with van der Waals surface area (Å²) in [6.45, 7) is 2.68. The molecular weight excluding hydrogens is 414 g/mol. The van der Waals surface area contributed by atoms with Crippen molar-refractivity contribution in [3.05, 3.63) is 59.9 Å². The molecule has 1 aromatic heterocycles. The van der Waals surface area contributed by atoms with Crippen LogP contribution in [0.15, 0.2) is 47.6 Å².